The van der Waals surface area contributed by atoms with Crippen molar-refractivity contribution in [2.75, 3.05) is 19.5 Å². The lowest BCUT2D eigenvalue weighted by molar-refractivity contribution is -0.157. The molecule has 0 aliphatic heterocycles. The Labute approximate surface area is 189 Å². The fraction of sp³-hybridized carbons (Fsp3) is 0.278. The van der Waals surface area contributed by atoms with Gasteiger partial charge in [-0.3, -0.25) is 4.79 Å². The highest BCUT2D eigenvalue weighted by Gasteiger charge is 2.61. The number of carbonyl (C=O) groups excluding carboxylic acids is 2. The first-order chi connectivity index (χ1) is 13.5. The summed E-state index contributed by atoms with van der Waals surface area (Å²) in [5.74, 6) is -2.22. The minimum Gasteiger partial charge on any atom is -0.498 e. The highest BCUT2D eigenvalue weighted by Crippen LogP contribution is 2.53. The van der Waals surface area contributed by atoms with E-state index in [-0.39, 0.29) is 21.1 Å². The van der Waals surface area contributed by atoms with E-state index in [0.29, 0.717) is 16.8 Å². The summed E-state index contributed by atoms with van der Waals surface area (Å²) in [6, 6.07) is 6.08. The zero-order valence-corrected chi connectivity index (χ0v) is 19.7. The van der Waals surface area contributed by atoms with Gasteiger partial charge in [-0.15, -0.1) is 0 Å². The van der Waals surface area contributed by atoms with Gasteiger partial charge < -0.3 is 30.9 Å². The summed E-state index contributed by atoms with van der Waals surface area (Å²) < 4.78 is 9.42. The molecule has 8 nitrogen and oxygen atoms in total. The van der Waals surface area contributed by atoms with Gasteiger partial charge in [-0.05, 0) is 28.1 Å². The van der Waals surface area contributed by atoms with Crippen LogP contribution >= 0.6 is 44.1 Å². The van der Waals surface area contributed by atoms with Crippen LogP contribution in [0.3, 0.4) is 0 Å². The molecule has 0 aromatic heterocycles. The first-order valence-electron chi connectivity index (χ1n) is 8.13. The van der Waals surface area contributed by atoms with Gasteiger partial charge in [0.05, 0.1) is 11.6 Å². The molecule has 2 atom stereocenters. The van der Waals surface area contributed by atoms with E-state index in [1.165, 1.54) is 21.1 Å². The predicted molar refractivity (Wildman–Crippen MR) is 121 cm³/mol. The SMILES string of the molecule is COC1=C(c2ccccc2NC(C)=O)C=C(Br)C(O)(OC)C1(Br)C(=S)NC(N)=O. The molecule has 29 heavy (non-hydrogen) atoms. The van der Waals surface area contributed by atoms with Crippen LogP contribution in [-0.4, -0.2) is 46.4 Å². The molecular formula is C18H19Br2N3O5S. The number of hydrogen-bond donors (Lipinski definition) is 4. The van der Waals surface area contributed by atoms with Crippen LogP contribution in [0, 0.1) is 0 Å². The third-order valence-electron chi connectivity index (χ3n) is 4.20. The highest BCUT2D eigenvalue weighted by molar-refractivity contribution is 9.12. The van der Waals surface area contributed by atoms with Gasteiger partial charge >= 0.3 is 6.03 Å². The monoisotopic (exact) mass is 547 g/mol. The van der Waals surface area contributed by atoms with Crippen LogP contribution < -0.4 is 16.4 Å². The Kier molecular flexibility index (Phi) is 7.23. The molecule has 0 bridgehead atoms. The van der Waals surface area contributed by atoms with E-state index in [9.17, 15) is 14.7 Å². The van der Waals surface area contributed by atoms with Crippen molar-refractivity contribution in [1.29, 1.82) is 0 Å². The van der Waals surface area contributed by atoms with Gasteiger partial charge in [-0.25, -0.2) is 4.79 Å². The third kappa shape index (κ3) is 4.10. The molecule has 1 aromatic carbocycles. The summed E-state index contributed by atoms with van der Waals surface area (Å²) in [5, 5.41) is 16.3. The number of benzene rings is 1. The Morgan fingerprint density at radius 3 is 2.41 bits per heavy atom. The number of anilines is 1. The fourth-order valence-electron chi connectivity index (χ4n) is 2.95. The number of nitrogens with two attached hydrogens (primary N) is 1. The number of nitrogens with one attached hydrogen (secondary N) is 2. The van der Waals surface area contributed by atoms with Gasteiger partial charge in [0, 0.05) is 30.9 Å². The lowest BCUT2D eigenvalue weighted by Gasteiger charge is -2.45. The topological polar surface area (TPSA) is 123 Å². The minimum absolute atomic E-state index is 0.126. The summed E-state index contributed by atoms with van der Waals surface area (Å²) in [6.07, 6.45) is 1.58. The summed E-state index contributed by atoms with van der Waals surface area (Å²) in [5.41, 5.74) is 6.78. The molecule has 156 valence electrons. The number of halogens is 2. The number of hydrogen-bond acceptors (Lipinski definition) is 6. The van der Waals surface area contributed by atoms with Crippen LogP contribution in [0.4, 0.5) is 10.5 Å². The Balaban J connectivity index is 2.85. The molecule has 11 heteroatoms. The highest BCUT2D eigenvalue weighted by atomic mass is 79.9. The fourth-order valence-corrected chi connectivity index (χ4v) is 5.09. The van der Waals surface area contributed by atoms with Crippen LogP contribution in [0.2, 0.25) is 0 Å². The van der Waals surface area contributed by atoms with Crippen molar-refractivity contribution in [2.45, 2.75) is 17.0 Å². The molecule has 0 saturated carbocycles. The van der Waals surface area contributed by atoms with E-state index in [2.05, 4.69) is 42.5 Å². The second-order valence-electron chi connectivity index (χ2n) is 5.99. The number of primary amides is 1. The van der Waals surface area contributed by atoms with Crippen LogP contribution in [0.5, 0.6) is 0 Å². The quantitative estimate of drug-likeness (QED) is 0.255. The molecule has 0 heterocycles. The maximum Gasteiger partial charge on any atom is 0.317 e. The lowest BCUT2D eigenvalue weighted by atomic mass is 9.84. The van der Waals surface area contributed by atoms with Gasteiger partial charge in [0.2, 0.25) is 11.7 Å². The van der Waals surface area contributed by atoms with E-state index in [0.717, 1.165) is 0 Å². The number of alkyl halides is 1. The average molecular weight is 549 g/mol. The maximum atomic E-state index is 11.6. The lowest BCUT2D eigenvalue weighted by Crippen LogP contribution is -2.63. The van der Waals surface area contributed by atoms with E-state index in [1.807, 2.05) is 0 Å². The molecule has 3 amide bonds. The number of aliphatic hydroxyl groups is 1. The van der Waals surface area contributed by atoms with Gasteiger partial charge in [0.15, 0.2) is 4.32 Å². The first kappa shape index (κ1) is 23.5. The number of urea groups is 1. The summed E-state index contributed by atoms with van der Waals surface area (Å²) in [6.45, 7) is 1.39. The Hall–Kier alpha value is -1.79. The Morgan fingerprint density at radius 1 is 1.28 bits per heavy atom. The maximum absolute atomic E-state index is 11.6. The van der Waals surface area contributed by atoms with Crippen molar-refractivity contribution < 1.29 is 24.2 Å². The number of thiocarbonyl (C=S) groups is 1. The molecular weight excluding hydrogens is 530 g/mol. The minimum atomic E-state index is -2.08. The van der Waals surface area contributed by atoms with Crippen molar-refractivity contribution in [3.05, 3.63) is 46.1 Å². The molecule has 0 saturated heterocycles. The third-order valence-corrected chi connectivity index (χ3v) is 6.93. The molecule has 0 fully saturated rings. The van der Waals surface area contributed by atoms with E-state index in [1.54, 1.807) is 30.3 Å². The normalized spacial score (nSPS) is 23.9. The standard InChI is InChI=1S/C18H19Br2N3O5S/c1-9(24)22-12-7-5-4-6-10(12)11-8-13(19)18(26,28-3)17(20,14(11)27-2)15(29)23-16(21)25/h4-8,26H,1-3H3,(H,22,24)(H3,21,23,25,29). The molecule has 0 spiro atoms. The number of amides is 3. The predicted octanol–water partition coefficient (Wildman–Crippen LogP) is 2.76. The van der Waals surface area contributed by atoms with Crippen LogP contribution in [0.15, 0.2) is 40.6 Å². The zero-order valence-electron chi connectivity index (χ0n) is 15.7. The number of carbonyl (C=O) groups is 2. The Morgan fingerprint density at radius 2 is 1.90 bits per heavy atom. The number of allylic oxidation sites excluding steroid dienone is 2. The van der Waals surface area contributed by atoms with Gasteiger partial charge in [0.25, 0.3) is 0 Å². The van der Waals surface area contributed by atoms with Gasteiger partial charge in [-0.2, -0.15) is 0 Å². The summed E-state index contributed by atoms with van der Waals surface area (Å²) in [4.78, 5) is 22.9. The largest absolute Gasteiger partial charge is 0.498 e. The van der Waals surface area contributed by atoms with Gasteiger partial charge in [-0.1, -0.05) is 46.3 Å². The molecule has 5 N–H and O–H groups in total. The summed E-state index contributed by atoms with van der Waals surface area (Å²) in [7, 11) is 2.64. The molecule has 1 aliphatic carbocycles. The first-order valence-corrected chi connectivity index (χ1v) is 10.1. The van der Waals surface area contributed by atoms with Crippen molar-refractivity contribution in [3.8, 4) is 0 Å². The van der Waals surface area contributed by atoms with Crippen molar-refractivity contribution in [3.63, 3.8) is 0 Å². The van der Waals surface area contributed by atoms with Crippen molar-refractivity contribution in [1.82, 2.24) is 5.32 Å². The van der Waals surface area contributed by atoms with Crippen molar-refractivity contribution >= 4 is 72.3 Å². The molecule has 2 rings (SSSR count). The smallest absolute Gasteiger partial charge is 0.317 e. The molecule has 1 aliphatic rings. The number of ether oxygens (including phenoxy) is 2. The van der Waals surface area contributed by atoms with Crippen molar-refractivity contribution in [2.24, 2.45) is 5.73 Å². The molecule has 0 radical (unpaired) electrons. The number of para-hydroxylation sites is 1. The summed E-state index contributed by atoms with van der Waals surface area (Å²) >= 11 is 12.1. The zero-order chi connectivity index (χ0) is 22.0. The van der Waals surface area contributed by atoms with E-state index < -0.39 is 16.1 Å². The van der Waals surface area contributed by atoms with E-state index in [4.69, 9.17) is 27.4 Å². The van der Waals surface area contributed by atoms with Gasteiger partial charge in [0.1, 0.15) is 10.7 Å². The van der Waals surface area contributed by atoms with Crippen LogP contribution in [0.1, 0.15) is 12.5 Å². The van der Waals surface area contributed by atoms with Crippen LogP contribution in [-0.2, 0) is 14.3 Å². The Bertz CT molecular complexity index is 936. The van der Waals surface area contributed by atoms with E-state index >= 15 is 0 Å². The number of rotatable bonds is 5. The molecule has 2 unspecified atom stereocenters. The van der Waals surface area contributed by atoms with Crippen LogP contribution in [0.25, 0.3) is 5.57 Å². The average Bonchev–Trinajstić information content (AvgIpc) is 2.65. The molecule has 1 aromatic rings. The second-order valence-corrected chi connectivity index (χ2v) is 8.44. The number of methoxy groups -OCH3 is 2. The second kappa shape index (κ2) is 8.92.